The number of rotatable bonds is 35. The van der Waals surface area contributed by atoms with Gasteiger partial charge in [0, 0.05) is 18.7 Å². The van der Waals surface area contributed by atoms with Crippen molar-refractivity contribution >= 4 is 11.8 Å². The predicted octanol–water partition coefficient (Wildman–Crippen LogP) is 12.9. The Hall–Kier alpha value is -2.04. The van der Waals surface area contributed by atoms with Crippen molar-refractivity contribution in [3.8, 4) is 5.75 Å². The molecule has 1 rings (SSSR count). The molecule has 0 aromatic heterocycles. The molecule has 1 aromatic carbocycles. The van der Waals surface area contributed by atoms with Crippen molar-refractivity contribution in [2.45, 2.75) is 207 Å². The molecule has 0 bridgehead atoms. The van der Waals surface area contributed by atoms with Gasteiger partial charge in [0.15, 0.2) is 0 Å². The topological polar surface area (TPSA) is 67.4 Å². The van der Waals surface area contributed by atoms with Crippen molar-refractivity contribution in [3.05, 3.63) is 29.3 Å². The van der Waals surface area contributed by atoms with Crippen LogP contribution in [0.5, 0.6) is 5.75 Å². The first kappa shape index (κ1) is 44.0. The second-order valence-electron chi connectivity index (χ2n) is 14.3. The van der Waals surface area contributed by atoms with Crippen LogP contribution in [-0.4, -0.2) is 31.5 Å². The average molecular weight is 671 g/mol. The summed E-state index contributed by atoms with van der Waals surface area (Å²) in [6, 6.07) is 5.31. The van der Waals surface area contributed by atoms with E-state index in [4.69, 9.17) is 4.74 Å². The van der Waals surface area contributed by atoms with E-state index in [0.717, 1.165) is 38.5 Å². The summed E-state index contributed by atoms with van der Waals surface area (Å²) < 4.78 is 6.19. The van der Waals surface area contributed by atoms with Crippen LogP contribution < -0.4 is 15.4 Å². The molecule has 0 radical (unpaired) electrons. The maximum absolute atomic E-state index is 13.1. The molecular formula is C43H78N2O3. The van der Waals surface area contributed by atoms with Gasteiger partial charge in [0.05, 0.1) is 12.2 Å². The van der Waals surface area contributed by atoms with Gasteiger partial charge in [0.1, 0.15) is 5.75 Å². The lowest BCUT2D eigenvalue weighted by Gasteiger charge is -2.14. The highest BCUT2D eigenvalue weighted by molar-refractivity contribution is 6.00. The molecule has 0 fully saturated rings. The van der Waals surface area contributed by atoms with Crippen LogP contribution in [0.4, 0.5) is 0 Å². The number of unbranched alkanes of at least 4 members (excludes halogenated alkanes) is 26. The Balaban J connectivity index is 2.43. The number of amides is 2. The number of hydrogen-bond donors (Lipinski definition) is 2. The van der Waals surface area contributed by atoms with Crippen molar-refractivity contribution in [1.29, 1.82) is 0 Å². The summed E-state index contributed by atoms with van der Waals surface area (Å²) in [5.41, 5.74) is 1.09. The molecule has 2 amide bonds. The van der Waals surface area contributed by atoms with E-state index in [1.165, 1.54) is 148 Å². The minimum atomic E-state index is -0.109. The van der Waals surface area contributed by atoms with E-state index in [9.17, 15) is 9.59 Å². The van der Waals surface area contributed by atoms with Crippen LogP contribution in [0.15, 0.2) is 18.2 Å². The van der Waals surface area contributed by atoms with Crippen LogP contribution in [0, 0.1) is 0 Å². The molecule has 0 saturated heterocycles. The highest BCUT2D eigenvalue weighted by Crippen LogP contribution is 2.22. The van der Waals surface area contributed by atoms with Gasteiger partial charge in [-0.3, -0.25) is 9.59 Å². The average Bonchev–Trinajstić information content (AvgIpc) is 3.10. The van der Waals surface area contributed by atoms with Crippen LogP contribution in [-0.2, 0) is 0 Å². The molecule has 0 aliphatic heterocycles. The van der Waals surface area contributed by atoms with Gasteiger partial charge >= 0.3 is 0 Å². The number of nitrogens with one attached hydrogen (secondary N) is 2. The standard InChI is InChI=1S/C43H78N2O3/c1-4-7-10-13-16-17-18-19-20-21-22-23-26-29-32-37-48-41-38-39(42(46)44-35-30-27-24-14-11-8-5-2)33-34-40(41)43(47)45-36-31-28-25-15-12-9-6-3/h33-34,38H,4-32,35-37H2,1-3H3,(H,44,46)(H,45,47). The molecule has 48 heavy (non-hydrogen) atoms. The number of carbonyl (C=O) groups is 2. The molecular weight excluding hydrogens is 592 g/mol. The summed E-state index contributed by atoms with van der Waals surface area (Å²) in [4.78, 5) is 26.1. The SMILES string of the molecule is CCCCCCCCCCCCCCCCCOc1cc(C(=O)NCCCCCCCCC)ccc1C(=O)NCCCCCCCCC. The molecule has 278 valence electrons. The summed E-state index contributed by atoms with van der Waals surface area (Å²) in [6.07, 6.45) is 37.0. The fourth-order valence-electron chi connectivity index (χ4n) is 6.39. The third-order valence-electron chi connectivity index (χ3n) is 9.63. The van der Waals surface area contributed by atoms with Gasteiger partial charge in [-0.05, 0) is 37.5 Å². The summed E-state index contributed by atoms with van der Waals surface area (Å²) in [5, 5.41) is 6.17. The zero-order valence-electron chi connectivity index (χ0n) is 32.1. The van der Waals surface area contributed by atoms with E-state index in [-0.39, 0.29) is 11.8 Å². The Kier molecular flexibility index (Phi) is 30.7. The molecule has 5 heteroatoms. The van der Waals surface area contributed by atoms with Crippen molar-refractivity contribution in [2.24, 2.45) is 0 Å². The lowest BCUT2D eigenvalue weighted by atomic mass is 10.0. The molecule has 0 aliphatic rings. The minimum absolute atomic E-state index is 0.0900. The smallest absolute Gasteiger partial charge is 0.255 e. The van der Waals surface area contributed by atoms with Gasteiger partial charge < -0.3 is 15.4 Å². The van der Waals surface area contributed by atoms with E-state index >= 15 is 0 Å². The van der Waals surface area contributed by atoms with Gasteiger partial charge in [-0.1, -0.05) is 188 Å². The number of hydrogen-bond acceptors (Lipinski definition) is 3. The molecule has 0 spiro atoms. The van der Waals surface area contributed by atoms with E-state index in [1.54, 1.807) is 18.2 Å². The fraction of sp³-hybridized carbons (Fsp3) is 0.814. The van der Waals surface area contributed by atoms with Gasteiger partial charge in [-0.15, -0.1) is 0 Å². The Morgan fingerprint density at radius 1 is 0.458 bits per heavy atom. The van der Waals surface area contributed by atoms with Crippen molar-refractivity contribution in [1.82, 2.24) is 10.6 Å². The van der Waals surface area contributed by atoms with Crippen LogP contribution >= 0.6 is 0 Å². The van der Waals surface area contributed by atoms with Crippen LogP contribution in [0.25, 0.3) is 0 Å². The van der Waals surface area contributed by atoms with Crippen molar-refractivity contribution in [2.75, 3.05) is 19.7 Å². The van der Waals surface area contributed by atoms with Crippen LogP contribution in [0.1, 0.15) is 228 Å². The second-order valence-corrected chi connectivity index (χ2v) is 14.3. The number of carbonyl (C=O) groups excluding carboxylic acids is 2. The number of benzene rings is 1. The first-order valence-electron chi connectivity index (χ1n) is 21.0. The summed E-state index contributed by atoms with van der Waals surface area (Å²) >= 11 is 0. The van der Waals surface area contributed by atoms with E-state index in [1.807, 2.05) is 0 Å². The van der Waals surface area contributed by atoms with Crippen LogP contribution in [0.3, 0.4) is 0 Å². The first-order chi connectivity index (χ1) is 23.6. The highest BCUT2D eigenvalue weighted by atomic mass is 16.5. The lowest BCUT2D eigenvalue weighted by Crippen LogP contribution is -2.26. The van der Waals surface area contributed by atoms with E-state index in [0.29, 0.717) is 36.6 Å². The monoisotopic (exact) mass is 671 g/mol. The van der Waals surface area contributed by atoms with Crippen molar-refractivity contribution in [3.63, 3.8) is 0 Å². The highest BCUT2D eigenvalue weighted by Gasteiger charge is 2.16. The van der Waals surface area contributed by atoms with Gasteiger partial charge in [-0.25, -0.2) is 0 Å². The summed E-state index contributed by atoms with van der Waals surface area (Å²) in [7, 11) is 0. The molecule has 0 saturated carbocycles. The third kappa shape index (κ3) is 25.0. The molecule has 0 heterocycles. The van der Waals surface area contributed by atoms with E-state index in [2.05, 4.69) is 31.4 Å². The summed E-state index contributed by atoms with van der Waals surface area (Å²) in [6.45, 7) is 8.69. The maximum Gasteiger partial charge on any atom is 0.255 e. The predicted molar refractivity (Wildman–Crippen MR) is 208 cm³/mol. The van der Waals surface area contributed by atoms with Gasteiger partial charge in [0.2, 0.25) is 0 Å². The Bertz CT molecular complexity index is 887. The maximum atomic E-state index is 13.1. The molecule has 0 aliphatic carbocycles. The molecule has 0 atom stereocenters. The molecule has 1 aromatic rings. The van der Waals surface area contributed by atoms with Gasteiger partial charge in [-0.2, -0.15) is 0 Å². The Labute approximate surface area is 297 Å². The normalized spacial score (nSPS) is 11.1. The fourth-order valence-corrected chi connectivity index (χ4v) is 6.39. The zero-order chi connectivity index (χ0) is 34.8. The molecule has 5 nitrogen and oxygen atoms in total. The zero-order valence-corrected chi connectivity index (χ0v) is 32.1. The Morgan fingerprint density at radius 3 is 1.23 bits per heavy atom. The second kappa shape index (κ2) is 33.5. The molecule has 0 unspecified atom stereocenters. The third-order valence-corrected chi connectivity index (χ3v) is 9.63. The lowest BCUT2D eigenvalue weighted by molar-refractivity contribution is 0.0937. The van der Waals surface area contributed by atoms with Crippen molar-refractivity contribution < 1.29 is 14.3 Å². The first-order valence-corrected chi connectivity index (χ1v) is 21.0. The largest absolute Gasteiger partial charge is 0.493 e. The summed E-state index contributed by atoms with van der Waals surface area (Å²) in [5.74, 6) is 0.330. The van der Waals surface area contributed by atoms with Crippen LogP contribution in [0.2, 0.25) is 0 Å². The van der Waals surface area contributed by atoms with E-state index < -0.39 is 0 Å². The quantitative estimate of drug-likeness (QED) is 0.0706. The Morgan fingerprint density at radius 2 is 0.812 bits per heavy atom. The van der Waals surface area contributed by atoms with Gasteiger partial charge in [0.25, 0.3) is 11.8 Å². The molecule has 2 N–H and O–H groups in total. The number of ether oxygens (including phenoxy) is 1. The minimum Gasteiger partial charge on any atom is -0.493 e.